The number of allylic oxidation sites excluding steroid dienone is 1. The van der Waals surface area contributed by atoms with E-state index >= 15 is 0 Å². The highest BCUT2D eigenvalue weighted by Crippen LogP contribution is 2.41. The normalized spacial score (nSPS) is 27.7. The van der Waals surface area contributed by atoms with E-state index in [-0.39, 0.29) is 11.3 Å². The Bertz CT molecular complexity index is 837. The zero-order valence-electron chi connectivity index (χ0n) is 15.7. The molecule has 2 N–H and O–H groups in total. The molecule has 3 heterocycles. The number of alkyl halides is 3. The first kappa shape index (κ1) is 19.7. The van der Waals surface area contributed by atoms with Crippen LogP contribution in [0.2, 0.25) is 0 Å². The first-order valence-electron chi connectivity index (χ1n) is 9.35. The molecule has 4 rings (SSSR count). The molecule has 156 valence electrons. The number of nitrogens with zero attached hydrogens (tertiary/aromatic N) is 2. The van der Waals surface area contributed by atoms with Gasteiger partial charge in [-0.15, -0.1) is 0 Å². The third-order valence-electron chi connectivity index (χ3n) is 5.48. The number of hydrogen-bond acceptors (Lipinski definition) is 5. The second-order valence-electron chi connectivity index (χ2n) is 7.25. The monoisotopic (exact) mass is 410 g/mol. The largest absolute Gasteiger partial charge is 0.406 e. The van der Waals surface area contributed by atoms with Crippen LogP contribution < -0.4 is 10.7 Å². The Hall–Kier alpha value is -2.59. The minimum absolute atomic E-state index is 0.148. The van der Waals surface area contributed by atoms with Gasteiger partial charge in [0.25, 0.3) is 11.8 Å². The van der Waals surface area contributed by atoms with Gasteiger partial charge in [0.1, 0.15) is 17.8 Å². The number of nitrogens with one attached hydrogen (secondary N) is 2. The molecule has 0 aliphatic carbocycles. The minimum atomic E-state index is -4.58. The number of carbonyl (C=O) groups excluding carboxylic acids is 2. The number of ether oxygens (including phenoxy) is 1. The Morgan fingerprint density at radius 3 is 2.45 bits per heavy atom. The first-order valence-corrected chi connectivity index (χ1v) is 9.35. The Morgan fingerprint density at radius 2 is 1.83 bits per heavy atom. The van der Waals surface area contributed by atoms with Crippen LogP contribution in [-0.2, 0) is 14.3 Å². The molecule has 1 aromatic carbocycles. The van der Waals surface area contributed by atoms with Gasteiger partial charge in [-0.2, -0.15) is 13.2 Å². The maximum atomic E-state index is 13.8. The van der Waals surface area contributed by atoms with Gasteiger partial charge >= 0.3 is 6.18 Å². The summed E-state index contributed by atoms with van der Waals surface area (Å²) in [6, 6.07) is 6.29. The Kier molecular flexibility index (Phi) is 4.99. The molecule has 10 heteroatoms. The van der Waals surface area contributed by atoms with E-state index in [9.17, 15) is 22.8 Å². The molecule has 0 radical (unpaired) electrons. The van der Waals surface area contributed by atoms with Crippen molar-refractivity contribution in [2.24, 2.45) is 0 Å². The highest BCUT2D eigenvalue weighted by Gasteiger charge is 2.58. The van der Waals surface area contributed by atoms with Crippen molar-refractivity contribution in [3.05, 3.63) is 47.2 Å². The van der Waals surface area contributed by atoms with Crippen LogP contribution in [0.5, 0.6) is 0 Å². The van der Waals surface area contributed by atoms with Crippen LogP contribution in [0.15, 0.2) is 41.6 Å². The lowest BCUT2D eigenvalue weighted by Gasteiger charge is -2.36. The molecule has 3 aliphatic rings. The summed E-state index contributed by atoms with van der Waals surface area (Å²) >= 11 is 0. The van der Waals surface area contributed by atoms with Crippen molar-refractivity contribution in [3.63, 3.8) is 0 Å². The van der Waals surface area contributed by atoms with Gasteiger partial charge in [0.05, 0.1) is 19.1 Å². The second kappa shape index (κ2) is 7.34. The van der Waals surface area contributed by atoms with Crippen molar-refractivity contribution in [3.8, 4) is 0 Å². The van der Waals surface area contributed by atoms with Gasteiger partial charge in [-0.25, -0.2) is 10.4 Å². The topological polar surface area (TPSA) is 73.9 Å². The summed E-state index contributed by atoms with van der Waals surface area (Å²) in [7, 11) is 0. The molecular formula is C19H21F3N4O3. The van der Waals surface area contributed by atoms with E-state index in [1.54, 1.807) is 37.3 Å². The highest BCUT2D eigenvalue weighted by atomic mass is 19.4. The van der Waals surface area contributed by atoms with Crippen molar-refractivity contribution in [2.75, 3.05) is 26.3 Å². The van der Waals surface area contributed by atoms with E-state index in [2.05, 4.69) is 10.7 Å². The smallest absolute Gasteiger partial charge is 0.378 e. The summed E-state index contributed by atoms with van der Waals surface area (Å²) in [4.78, 5) is 27.4. The molecule has 1 aromatic rings. The molecule has 3 atom stereocenters. The molecule has 0 bridgehead atoms. The summed E-state index contributed by atoms with van der Waals surface area (Å²) in [5.41, 5.74) is 2.88. The van der Waals surface area contributed by atoms with E-state index in [1.165, 1.54) is 4.90 Å². The van der Waals surface area contributed by atoms with Crippen LogP contribution in [0.1, 0.15) is 18.4 Å². The summed E-state index contributed by atoms with van der Waals surface area (Å²) < 4.78 is 46.5. The maximum absolute atomic E-state index is 13.8. The van der Waals surface area contributed by atoms with Crippen LogP contribution >= 0.6 is 0 Å². The van der Waals surface area contributed by atoms with Gasteiger partial charge in [0.15, 0.2) is 0 Å². The van der Waals surface area contributed by atoms with Crippen molar-refractivity contribution < 1.29 is 27.5 Å². The van der Waals surface area contributed by atoms with Gasteiger partial charge in [-0.3, -0.25) is 9.59 Å². The fourth-order valence-corrected chi connectivity index (χ4v) is 4.07. The van der Waals surface area contributed by atoms with Gasteiger partial charge in [0.2, 0.25) is 0 Å². The fourth-order valence-electron chi connectivity index (χ4n) is 4.07. The predicted octanol–water partition coefficient (Wildman–Crippen LogP) is 1.11. The quantitative estimate of drug-likeness (QED) is 0.715. The van der Waals surface area contributed by atoms with E-state index in [4.69, 9.17) is 4.74 Å². The zero-order chi connectivity index (χ0) is 20.8. The molecule has 3 aliphatic heterocycles. The number of benzene rings is 1. The lowest BCUT2D eigenvalue weighted by Crippen LogP contribution is -2.57. The molecular weight excluding hydrogens is 389 g/mol. The van der Waals surface area contributed by atoms with Crippen LogP contribution in [0.4, 0.5) is 13.2 Å². The molecule has 0 aromatic heterocycles. The van der Waals surface area contributed by atoms with Crippen molar-refractivity contribution >= 4 is 11.8 Å². The second-order valence-corrected chi connectivity index (χ2v) is 7.25. The number of carbonyl (C=O) groups is 2. The average molecular weight is 410 g/mol. The summed E-state index contributed by atoms with van der Waals surface area (Å²) in [5, 5.41) is 3.89. The number of halogens is 3. The Labute approximate surface area is 165 Å². The van der Waals surface area contributed by atoms with E-state index in [0.717, 1.165) is 5.01 Å². The average Bonchev–Trinajstić information content (AvgIpc) is 3.09. The summed E-state index contributed by atoms with van der Waals surface area (Å²) in [5.74, 6) is -2.32. The maximum Gasteiger partial charge on any atom is 0.406 e. The van der Waals surface area contributed by atoms with Crippen LogP contribution in [0.25, 0.3) is 0 Å². The molecule has 3 unspecified atom stereocenters. The fraction of sp³-hybridized carbons (Fsp3) is 0.474. The highest BCUT2D eigenvalue weighted by molar-refractivity contribution is 6.19. The van der Waals surface area contributed by atoms with Crippen LogP contribution in [-0.4, -0.2) is 66.4 Å². The van der Waals surface area contributed by atoms with E-state index < -0.39 is 36.1 Å². The van der Waals surface area contributed by atoms with Crippen LogP contribution in [0, 0.1) is 0 Å². The molecule has 0 saturated carbocycles. The number of hydrogen-bond donors (Lipinski definition) is 2. The molecule has 29 heavy (non-hydrogen) atoms. The van der Waals surface area contributed by atoms with Crippen molar-refractivity contribution in [1.82, 2.24) is 20.7 Å². The Balaban J connectivity index is 1.68. The van der Waals surface area contributed by atoms with Crippen molar-refractivity contribution in [2.45, 2.75) is 31.2 Å². The number of fused-ring (bicyclic) bond motifs is 1. The molecule has 2 amide bonds. The molecule has 2 saturated heterocycles. The first-order chi connectivity index (χ1) is 13.8. The molecule has 7 nitrogen and oxygen atoms in total. The van der Waals surface area contributed by atoms with E-state index in [1.807, 2.05) is 0 Å². The third kappa shape index (κ3) is 3.46. The lowest BCUT2D eigenvalue weighted by atomic mass is 9.89. The van der Waals surface area contributed by atoms with Gasteiger partial charge in [0, 0.05) is 18.8 Å². The van der Waals surface area contributed by atoms with Gasteiger partial charge < -0.3 is 15.0 Å². The summed E-state index contributed by atoms with van der Waals surface area (Å²) in [6.07, 6.45) is -5.54. The summed E-state index contributed by atoms with van der Waals surface area (Å²) in [6.45, 7) is 2.92. The predicted molar refractivity (Wildman–Crippen MR) is 96.0 cm³/mol. The van der Waals surface area contributed by atoms with E-state index in [0.29, 0.717) is 31.9 Å². The zero-order valence-corrected chi connectivity index (χ0v) is 15.7. The molecule has 0 spiro atoms. The van der Waals surface area contributed by atoms with Crippen LogP contribution in [0.3, 0.4) is 0 Å². The third-order valence-corrected chi connectivity index (χ3v) is 5.48. The number of morpholine rings is 1. The number of amides is 2. The van der Waals surface area contributed by atoms with Crippen molar-refractivity contribution in [1.29, 1.82) is 0 Å². The minimum Gasteiger partial charge on any atom is -0.378 e. The standard InChI is InChI=1S/C19H21F3N4O3/c1-11-13(17(27)25-7-9-29-10-8-25)18(28)26-16(23-11)14(12-5-3-2-4-6-12)15(24-26)19(20,21)22/h2-6,14-16,23-24H,7-10H2,1H3. The van der Waals surface area contributed by atoms with Gasteiger partial charge in [-0.05, 0) is 12.5 Å². The van der Waals surface area contributed by atoms with Gasteiger partial charge in [-0.1, -0.05) is 30.3 Å². The molecule has 2 fully saturated rings. The SMILES string of the molecule is CC1=C(C(=O)N2CCOCC2)C(=O)N2NC(C(F)(F)F)C(c3ccccc3)C2N1. The number of rotatable bonds is 2. The number of hydrazine groups is 1. The lowest BCUT2D eigenvalue weighted by molar-refractivity contribution is -0.161. The Morgan fingerprint density at radius 1 is 1.17 bits per heavy atom.